The fourth-order valence-corrected chi connectivity index (χ4v) is 4.95. The van der Waals surface area contributed by atoms with Crippen LogP contribution >= 0.6 is 11.8 Å². The number of hydrogen-bond acceptors (Lipinski definition) is 7. The van der Waals surface area contributed by atoms with Crippen LogP contribution in [0.3, 0.4) is 0 Å². The highest BCUT2D eigenvalue weighted by Gasteiger charge is 2.30. The van der Waals surface area contributed by atoms with Crippen molar-refractivity contribution in [2.45, 2.75) is 95.8 Å². The zero-order valence-electron chi connectivity index (χ0n) is 23.3. The van der Waals surface area contributed by atoms with Crippen LogP contribution in [0.5, 0.6) is 0 Å². The molecule has 1 fully saturated rings. The molecule has 0 saturated heterocycles. The molecule has 4 atom stereocenters. The van der Waals surface area contributed by atoms with Crippen LogP contribution in [0.4, 0.5) is 0 Å². The molecule has 0 spiro atoms. The molecule has 0 aromatic heterocycles. The fraction of sp³-hybridized carbons (Fsp3) is 0.760. The Morgan fingerprint density at radius 3 is 2.03 bits per heavy atom. The summed E-state index contributed by atoms with van der Waals surface area (Å²) in [5.41, 5.74) is 16.1. The molecule has 13 nitrogen and oxygen atoms in total. The first kappa shape index (κ1) is 34.0. The molecule has 10 N–H and O–H groups in total. The second-order valence-corrected chi connectivity index (χ2v) is 11.0. The Morgan fingerprint density at radius 2 is 1.46 bits per heavy atom. The van der Waals surface area contributed by atoms with Gasteiger partial charge >= 0.3 is 0 Å². The number of nitrogens with zero attached hydrogens (tertiary/aromatic N) is 1. The zero-order chi connectivity index (χ0) is 29.4. The first-order chi connectivity index (χ1) is 18.4. The molecule has 0 radical (unpaired) electrons. The third kappa shape index (κ3) is 14.1. The highest BCUT2D eigenvalue weighted by molar-refractivity contribution is 7.98. The second kappa shape index (κ2) is 18.3. The van der Waals surface area contributed by atoms with Gasteiger partial charge in [-0.3, -0.25) is 29.0 Å². The lowest BCUT2D eigenvalue weighted by Gasteiger charge is -2.28. The van der Waals surface area contributed by atoms with Crippen molar-refractivity contribution in [3.05, 3.63) is 0 Å². The summed E-state index contributed by atoms with van der Waals surface area (Å²) in [6.45, 7) is 3.06. The SMILES string of the molecule is CSCC[C@H](NC(=O)[C@H](C)NC(=O)[C@H](CCCN=C(N)N)NC(=O)[C@H](CC1CCCCC1)NC(C)=O)C(N)=O. The van der Waals surface area contributed by atoms with Crippen LogP contribution in [-0.2, 0) is 24.0 Å². The summed E-state index contributed by atoms with van der Waals surface area (Å²) >= 11 is 1.51. The van der Waals surface area contributed by atoms with Gasteiger partial charge in [0.15, 0.2) is 5.96 Å². The van der Waals surface area contributed by atoms with Crippen LogP contribution in [0.15, 0.2) is 4.99 Å². The van der Waals surface area contributed by atoms with Gasteiger partial charge in [0.1, 0.15) is 24.2 Å². The first-order valence-corrected chi connectivity index (χ1v) is 14.9. The van der Waals surface area contributed by atoms with E-state index in [0.29, 0.717) is 30.9 Å². The maximum Gasteiger partial charge on any atom is 0.243 e. The lowest BCUT2D eigenvalue weighted by atomic mass is 9.84. The van der Waals surface area contributed by atoms with E-state index in [-0.39, 0.29) is 24.8 Å². The summed E-state index contributed by atoms with van der Waals surface area (Å²) < 4.78 is 0. The van der Waals surface area contributed by atoms with Crippen molar-refractivity contribution < 1.29 is 24.0 Å². The van der Waals surface area contributed by atoms with Crippen molar-refractivity contribution in [2.24, 2.45) is 28.1 Å². The highest BCUT2D eigenvalue weighted by Crippen LogP contribution is 2.27. The van der Waals surface area contributed by atoms with Crippen molar-refractivity contribution in [2.75, 3.05) is 18.6 Å². The lowest BCUT2D eigenvalue weighted by molar-refractivity contribution is -0.134. The summed E-state index contributed by atoms with van der Waals surface area (Å²) in [6, 6.07) is -3.66. The van der Waals surface area contributed by atoms with Crippen LogP contribution in [-0.4, -0.2) is 78.2 Å². The van der Waals surface area contributed by atoms with Crippen molar-refractivity contribution in [3.63, 3.8) is 0 Å². The van der Waals surface area contributed by atoms with E-state index in [1.807, 2.05) is 6.26 Å². The summed E-state index contributed by atoms with van der Waals surface area (Å²) in [6.07, 6.45) is 8.59. The maximum absolute atomic E-state index is 13.2. The van der Waals surface area contributed by atoms with Gasteiger partial charge < -0.3 is 38.5 Å². The van der Waals surface area contributed by atoms with Gasteiger partial charge in [0.25, 0.3) is 0 Å². The number of hydrogen-bond donors (Lipinski definition) is 7. The third-order valence-corrected chi connectivity index (χ3v) is 7.23. The van der Waals surface area contributed by atoms with Gasteiger partial charge in [0.05, 0.1) is 0 Å². The molecule has 5 amide bonds. The Kier molecular flexibility index (Phi) is 15.9. The predicted molar refractivity (Wildman–Crippen MR) is 152 cm³/mol. The van der Waals surface area contributed by atoms with E-state index >= 15 is 0 Å². The van der Waals surface area contributed by atoms with Crippen LogP contribution in [0, 0.1) is 5.92 Å². The van der Waals surface area contributed by atoms with Crippen LogP contribution < -0.4 is 38.5 Å². The minimum Gasteiger partial charge on any atom is -0.370 e. The second-order valence-electron chi connectivity index (χ2n) is 9.98. The van der Waals surface area contributed by atoms with Gasteiger partial charge in [-0.05, 0) is 50.5 Å². The van der Waals surface area contributed by atoms with E-state index in [2.05, 4.69) is 26.3 Å². The summed E-state index contributed by atoms with van der Waals surface area (Å²) in [5.74, 6) is -1.80. The third-order valence-electron chi connectivity index (χ3n) is 6.59. The molecule has 0 aliphatic heterocycles. The van der Waals surface area contributed by atoms with Gasteiger partial charge in [-0.2, -0.15) is 11.8 Å². The number of carbonyl (C=O) groups is 5. The molecule has 0 unspecified atom stereocenters. The summed E-state index contributed by atoms with van der Waals surface area (Å²) in [4.78, 5) is 66.5. The Labute approximate surface area is 235 Å². The smallest absolute Gasteiger partial charge is 0.243 e. The van der Waals surface area contributed by atoms with Crippen molar-refractivity contribution in [1.29, 1.82) is 0 Å². The van der Waals surface area contributed by atoms with Crippen LogP contribution in [0.25, 0.3) is 0 Å². The van der Waals surface area contributed by atoms with E-state index in [9.17, 15) is 24.0 Å². The topological polar surface area (TPSA) is 224 Å². The minimum atomic E-state index is -1.01. The number of aliphatic imine (C=N–C) groups is 1. The number of nitrogens with one attached hydrogen (secondary N) is 4. The van der Waals surface area contributed by atoms with E-state index < -0.39 is 47.8 Å². The van der Waals surface area contributed by atoms with E-state index in [1.54, 1.807) is 0 Å². The quantitative estimate of drug-likeness (QED) is 0.0666. The average molecular weight is 571 g/mol. The van der Waals surface area contributed by atoms with Gasteiger partial charge in [0.2, 0.25) is 29.5 Å². The molecule has 1 aliphatic carbocycles. The van der Waals surface area contributed by atoms with Crippen molar-refractivity contribution in [1.82, 2.24) is 21.3 Å². The molecule has 1 saturated carbocycles. The Morgan fingerprint density at radius 1 is 0.846 bits per heavy atom. The Hall–Kier alpha value is -3.03. The Bertz CT molecular complexity index is 861. The van der Waals surface area contributed by atoms with Gasteiger partial charge in [-0.1, -0.05) is 32.1 Å². The number of guanidine groups is 1. The standard InChI is InChI=1S/C25H46N8O5S/c1-15(22(36)32-18(21(26)35)11-13-39-3)30-23(37)19(10-7-12-29-25(27)28)33-24(38)20(31-16(2)34)14-17-8-5-4-6-9-17/h15,17-20H,4-14H2,1-3H3,(H2,26,35)(H,30,37)(H,31,34)(H,32,36)(H,33,38)(H4,27,28,29)/t15-,18-,19-,20-/m0/s1. The number of rotatable bonds is 17. The van der Waals surface area contributed by atoms with Crippen LogP contribution in [0.1, 0.15) is 71.6 Å². The Balaban J connectivity index is 2.93. The zero-order valence-corrected chi connectivity index (χ0v) is 24.1. The van der Waals surface area contributed by atoms with Crippen molar-refractivity contribution in [3.8, 4) is 0 Å². The van der Waals surface area contributed by atoms with E-state index in [4.69, 9.17) is 17.2 Å². The molecular formula is C25H46N8O5S. The van der Waals surface area contributed by atoms with Crippen LogP contribution in [0.2, 0.25) is 0 Å². The molecule has 0 aromatic rings. The molecule has 0 bridgehead atoms. The average Bonchev–Trinajstić information content (AvgIpc) is 2.87. The lowest BCUT2D eigenvalue weighted by Crippen LogP contribution is -2.57. The molecule has 0 heterocycles. The normalized spacial score (nSPS) is 16.6. The summed E-state index contributed by atoms with van der Waals surface area (Å²) in [5, 5.41) is 10.6. The maximum atomic E-state index is 13.2. The van der Waals surface area contributed by atoms with Crippen molar-refractivity contribution >= 4 is 47.3 Å². The number of nitrogens with two attached hydrogens (primary N) is 3. The van der Waals surface area contributed by atoms with Gasteiger partial charge in [-0.25, -0.2) is 0 Å². The number of amides is 5. The molecule has 222 valence electrons. The number of carbonyl (C=O) groups excluding carboxylic acids is 5. The summed E-state index contributed by atoms with van der Waals surface area (Å²) in [7, 11) is 0. The van der Waals surface area contributed by atoms with E-state index in [1.165, 1.54) is 25.6 Å². The van der Waals surface area contributed by atoms with E-state index in [0.717, 1.165) is 32.1 Å². The monoisotopic (exact) mass is 570 g/mol. The molecule has 39 heavy (non-hydrogen) atoms. The molecular weight excluding hydrogens is 524 g/mol. The highest BCUT2D eigenvalue weighted by atomic mass is 32.2. The van der Waals surface area contributed by atoms with Gasteiger partial charge in [-0.15, -0.1) is 0 Å². The number of primary amides is 1. The first-order valence-electron chi connectivity index (χ1n) is 13.5. The predicted octanol–water partition coefficient (Wildman–Crippen LogP) is -0.772. The molecule has 14 heteroatoms. The molecule has 0 aromatic carbocycles. The minimum absolute atomic E-state index is 0.0889. The molecule has 1 rings (SSSR count). The fourth-order valence-electron chi connectivity index (χ4n) is 4.48. The van der Waals surface area contributed by atoms with Gasteiger partial charge in [0, 0.05) is 13.5 Å². The molecule has 1 aliphatic rings. The largest absolute Gasteiger partial charge is 0.370 e. The number of thioether (sulfide) groups is 1.